The summed E-state index contributed by atoms with van der Waals surface area (Å²) in [4.78, 5) is 0. The number of fused-ring (bicyclic) bond motifs is 12. The molecule has 0 radical (unpaired) electrons. The van der Waals surface area contributed by atoms with E-state index in [1.807, 2.05) is 12.1 Å². The molecule has 2 nitrogen and oxygen atoms in total. The number of alkyl halides is 3. The average Bonchev–Trinajstić information content (AvgIpc) is 4.02. The molecule has 1 spiro atoms. The lowest BCUT2D eigenvalue weighted by atomic mass is 9.84. The van der Waals surface area contributed by atoms with E-state index in [1.165, 1.54) is 22.8 Å². The third-order valence-corrected chi connectivity index (χ3v) is 13.3. The van der Waals surface area contributed by atoms with Gasteiger partial charge in [0.15, 0.2) is 17.1 Å². The Hall–Kier alpha value is -6.69. The van der Waals surface area contributed by atoms with Gasteiger partial charge in [-0.1, -0.05) is 108 Å². The molecule has 0 bridgehead atoms. The molecule has 60 heavy (non-hydrogen) atoms. The predicted octanol–water partition coefficient (Wildman–Crippen LogP) is 15.8. The van der Waals surface area contributed by atoms with E-state index >= 15 is 13.2 Å². The number of para-hydroxylation sites is 2. The number of quaternary nitrogens is 1. The summed E-state index contributed by atoms with van der Waals surface area (Å²) in [6.45, 7) is 4.58. The number of nitrogens with zero attached hydrogens (tertiary/aromatic N) is 2. The molecule has 1 saturated carbocycles. The lowest BCUT2D eigenvalue weighted by Crippen LogP contribution is -2.40. The number of rotatable bonds is 4. The van der Waals surface area contributed by atoms with Crippen LogP contribution in [0, 0.1) is 13.8 Å². The second kappa shape index (κ2) is 12.7. The van der Waals surface area contributed by atoms with Gasteiger partial charge in [0.05, 0.1) is 33.4 Å². The molecule has 5 heteroatoms. The molecule has 0 N–H and O–H groups in total. The Bertz CT molecular complexity index is 3270. The maximum absolute atomic E-state index is 15.6. The number of benzene rings is 8. The van der Waals surface area contributed by atoms with E-state index < -0.39 is 11.7 Å². The summed E-state index contributed by atoms with van der Waals surface area (Å²) in [5, 5.41) is 2.14. The first kappa shape index (κ1) is 35.3. The van der Waals surface area contributed by atoms with E-state index in [1.54, 1.807) is 6.07 Å². The number of aryl methyl sites for hydroxylation is 2. The minimum absolute atomic E-state index is 0.283. The number of hydrogen-bond donors (Lipinski definition) is 0. The quantitative estimate of drug-likeness (QED) is 0.157. The summed E-state index contributed by atoms with van der Waals surface area (Å²) >= 11 is 0. The van der Waals surface area contributed by atoms with Crippen LogP contribution in [0.15, 0.2) is 164 Å². The van der Waals surface area contributed by atoms with Crippen molar-refractivity contribution in [2.24, 2.45) is 0 Å². The van der Waals surface area contributed by atoms with Crippen molar-refractivity contribution in [1.82, 2.24) is 9.05 Å². The van der Waals surface area contributed by atoms with Gasteiger partial charge in [-0.15, -0.1) is 0 Å². The van der Waals surface area contributed by atoms with E-state index in [0.717, 1.165) is 90.8 Å². The maximum atomic E-state index is 15.6. The molecule has 3 aliphatic rings. The zero-order valence-electron chi connectivity index (χ0n) is 33.3. The van der Waals surface area contributed by atoms with Crippen molar-refractivity contribution >= 4 is 38.9 Å². The molecule has 8 aromatic carbocycles. The van der Waals surface area contributed by atoms with E-state index in [2.05, 4.69) is 158 Å². The molecule has 1 aliphatic carbocycles. The van der Waals surface area contributed by atoms with Crippen LogP contribution in [0.4, 0.5) is 30.2 Å². The third-order valence-electron chi connectivity index (χ3n) is 13.3. The zero-order valence-corrected chi connectivity index (χ0v) is 33.3. The molecule has 2 aliphatic heterocycles. The summed E-state index contributed by atoms with van der Waals surface area (Å²) < 4.78 is 49.3. The van der Waals surface area contributed by atoms with Crippen LogP contribution in [0.1, 0.15) is 46.6 Å². The average molecular weight is 786 g/mol. The molecule has 1 fully saturated rings. The standard InChI is InChI=1S/C55H40F3N2/c1-33-10-7-12-36(26-33)38-22-24-48-44(28-38)42-15-3-5-18-47(42)59(48)49-30-41(35-20-21-35)31-52-54(49)53-40(14-9-17-46(53)55(56,57)58)32-60(52)50-19-6-4-16-43(50)45-29-39(23-25-51(45)60)37-13-8-11-34(2)27-37/h3-19,22-31,35H,20-21,32H2,1-2H3/q+1. The molecule has 0 saturated heterocycles. The monoisotopic (exact) mass is 785 g/mol. The van der Waals surface area contributed by atoms with Gasteiger partial charge in [-0.3, -0.25) is 0 Å². The van der Waals surface area contributed by atoms with Gasteiger partial charge >= 0.3 is 6.18 Å². The largest absolute Gasteiger partial charge is 0.417 e. The van der Waals surface area contributed by atoms with Crippen molar-refractivity contribution in [1.29, 1.82) is 0 Å². The van der Waals surface area contributed by atoms with Crippen molar-refractivity contribution in [3.05, 3.63) is 192 Å². The zero-order chi connectivity index (χ0) is 40.5. The highest BCUT2D eigenvalue weighted by Crippen LogP contribution is 2.65. The highest BCUT2D eigenvalue weighted by molar-refractivity contribution is 6.12. The smallest absolute Gasteiger partial charge is 0.308 e. The van der Waals surface area contributed by atoms with Gasteiger partial charge < -0.3 is 4.57 Å². The number of halogens is 3. The van der Waals surface area contributed by atoms with Crippen LogP contribution in [0.2, 0.25) is 0 Å². The van der Waals surface area contributed by atoms with Gasteiger partial charge in [-0.2, -0.15) is 13.2 Å². The van der Waals surface area contributed by atoms with Crippen LogP contribution >= 0.6 is 0 Å². The van der Waals surface area contributed by atoms with Gasteiger partial charge in [0.1, 0.15) is 6.54 Å². The van der Waals surface area contributed by atoms with Gasteiger partial charge in [0.25, 0.3) is 0 Å². The van der Waals surface area contributed by atoms with Gasteiger partial charge in [-0.25, -0.2) is 4.48 Å². The molecule has 3 heterocycles. The summed E-state index contributed by atoms with van der Waals surface area (Å²) in [6, 6.07) is 56.6. The van der Waals surface area contributed by atoms with Crippen molar-refractivity contribution in [3.63, 3.8) is 0 Å². The van der Waals surface area contributed by atoms with Crippen molar-refractivity contribution in [2.75, 3.05) is 0 Å². The van der Waals surface area contributed by atoms with Crippen LogP contribution in [0.5, 0.6) is 0 Å². The second-order valence-corrected chi connectivity index (χ2v) is 17.1. The van der Waals surface area contributed by atoms with Crippen molar-refractivity contribution < 1.29 is 13.2 Å². The fourth-order valence-electron chi connectivity index (χ4n) is 10.5. The SMILES string of the molecule is Cc1cccc(-c2ccc3c(c2)-c2ccccc2[N+]32Cc3cccc(C(F)(F)F)c3-c3c(-n4c5ccccc5c5cc(-c6cccc(C)c6)ccc54)cc(C4CC4)cc32)c1. The summed E-state index contributed by atoms with van der Waals surface area (Å²) in [6.07, 6.45) is -2.45. The second-order valence-electron chi connectivity index (χ2n) is 17.1. The highest BCUT2D eigenvalue weighted by atomic mass is 19.4. The molecule has 0 amide bonds. The summed E-state index contributed by atoms with van der Waals surface area (Å²) in [5.41, 5.74) is 17.1. The van der Waals surface area contributed by atoms with Crippen LogP contribution in [0.25, 0.3) is 72.0 Å². The fourth-order valence-corrected chi connectivity index (χ4v) is 10.5. The van der Waals surface area contributed by atoms with E-state index in [4.69, 9.17) is 0 Å². The fraction of sp³-hybridized carbons (Fsp3) is 0.127. The summed E-state index contributed by atoms with van der Waals surface area (Å²) in [7, 11) is 0. The van der Waals surface area contributed by atoms with Crippen LogP contribution in [-0.2, 0) is 12.7 Å². The normalized spacial score (nSPS) is 16.6. The highest BCUT2D eigenvalue weighted by Gasteiger charge is 2.53. The van der Waals surface area contributed by atoms with E-state index in [-0.39, 0.29) is 5.56 Å². The Morgan fingerprint density at radius 3 is 1.92 bits per heavy atom. The first-order valence-corrected chi connectivity index (χ1v) is 20.9. The third kappa shape index (κ3) is 5.12. The van der Waals surface area contributed by atoms with Gasteiger partial charge in [-0.05, 0) is 109 Å². The first-order valence-electron chi connectivity index (χ1n) is 20.9. The number of hydrogen-bond acceptors (Lipinski definition) is 0. The molecule has 12 rings (SSSR count). The number of aromatic nitrogens is 1. The topological polar surface area (TPSA) is 4.93 Å². The van der Waals surface area contributed by atoms with Gasteiger partial charge in [0.2, 0.25) is 0 Å². The maximum Gasteiger partial charge on any atom is 0.417 e. The molecule has 1 aromatic heterocycles. The van der Waals surface area contributed by atoms with Crippen LogP contribution in [0.3, 0.4) is 0 Å². The Morgan fingerprint density at radius 1 is 0.517 bits per heavy atom. The van der Waals surface area contributed by atoms with Crippen LogP contribution < -0.4 is 4.48 Å². The molecular weight excluding hydrogens is 746 g/mol. The molecule has 290 valence electrons. The van der Waals surface area contributed by atoms with Crippen molar-refractivity contribution in [3.8, 4) is 50.2 Å². The molecule has 1 unspecified atom stereocenters. The Balaban J connectivity index is 1.21. The lowest BCUT2D eigenvalue weighted by Gasteiger charge is -2.41. The Morgan fingerprint density at radius 2 is 1.17 bits per heavy atom. The lowest BCUT2D eigenvalue weighted by molar-refractivity contribution is -0.137. The Kier molecular flexibility index (Phi) is 7.44. The minimum Gasteiger partial charge on any atom is -0.308 e. The predicted molar refractivity (Wildman–Crippen MR) is 240 cm³/mol. The van der Waals surface area contributed by atoms with Crippen LogP contribution in [-0.4, -0.2) is 4.57 Å². The van der Waals surface area contributed by atoms with E-state index in [9.17, 15) is 0 Å². The van der Waals surface area contributed by atoms with Gasteiger partial charge in [0, 0.05) is 45.7 Å². The Labute approximate surface area is 347 Å². The summed E-state index contributed by atoms with van der Waals surface area (Å²) in [5.74, 6) is 0.343. The first-order chi connectivity index (χ1) is 29.2. The minimum atomic E-state index is -4.57. The van der Waals surface area contributed by atoms with Crippen molar-refractivity contribution in [2.45, 2.75) is 45.3 Å². The molecular formula is C55H40F3N2+. The molecule has 9 aromatic rings. The van der Waals surface area contributed by atoms with E-state index in [0.29, 0.717) is 28.1 Å². The molecule has 1 atom stereocenters.